The molecule has 2 aromatic rings. The number of allylic oxidation sites excluding steroid dienone is 2. The Morgan fingerprint density at radius 1 is 1.30 bits per heavy atom. The lowest BCUT2D eigenvalue weighted by Crippen LogP contribution is -2.32. The molecule has 0 radical (unpaired) electrons. The maximum Gasteiger partial charge on any atom is 0.387 e. The molecular weight excluding hydrogens is 348 g/mol. The van der Waals surface area contributed by atoms with Gasteiger partial charge in [0.25, 0.3) is 0 Å². The molecule has 0 saturated carbocycles. The Kier molecular flexibility index (Phi) is 5.50. The molecule has 1 aromatic carbocycles. The number of hydrogen-bond acceptors (Lipinski definition) is 3. The van der Waals surface area contributed by atoms with Crippen LogP contribution < -0.4 is 4.74 Å². The van der Waals surface area contributed by atoms with E-state index in [4.69, 9.17) is 0 Å². The third-order valence-corrected chi connectivity index (χ3v) is 4.69. The Morgan fingerprint density at radius 2 is 2.07 bits per heavy atom. The second-order valence-corrected chi connectivity index (χ2v) is 6.77. The van der Waals surface area contributed by atoms with E-state index in [1.54, 1.807) is 12.1 Å². The first-order valence-electron chi connectivity index (χ1n) is 9.12. The summed E-state index contributed by atoms with van der Waals surface area (Å²) in [6, 6.07) is 7.38. The summed E-state index contributed by atoms with van der Waals surface area (Å²) in [6.45, 7) is 4.84. The van der Waals surface area contributed by atoms with Crippen molar-refractivity contribution in [2.75, 3.05) is 6.54 Å². The second-order valence-electron chi connectivity index (χ2n) is 6.77. The van der Waals surface area contributed by atoms with Crippen LogP contribution in [0.5, 0.6) is 5.75 Å². The second kappa shape index (κ2) is 7.83. The van der Waals surface area contributed by atoms with Gasteiger partial charge in [-0.3, -0.25) is 0 Å². The molecule has 0 N–H and O–H groups in total. The van der Waals surface area contributed by atoms with E-state index >= 15 is 0 Å². The normalized spacial score (nSPS) is 14.1. The van der Waals surface area contributed by atoms with E-state index in [1.165, 1.54) is 6.07 Å². The van der Waals surface area contributed by atoms with Gasteiger partial charge in [-0.1, -0.05) is 19.1 Å². The lowest BCUT2D eigenvalue weighted by molar-refractivity contribution is -0.0497. The summed E-state index contributed by atoms with van der Waals surface area (Å²) < 4.78 is 31.9. The Labute approximate surface area is 157 Å². The van der Waals surface area contributed by atoms with Gasteiger partial charge in [0, 0.05) is 30.6 Å². The summed E-state index contributed by atoms with van der Waals surface area (Å²) in [5.41, 5.74) is 3.11. The number of rotatable bonds is 6. The van der Waals surface area contributed by atoms with Gasteiger partial charge in [0.05, 0.1) is 22.5 Å². The lowest BCUT2D eigenvalue weighted by Gasteiger charge is -2.33. The fraction of sp³-hybridized carbons (Fsp3) is 0.381. The largest absolute Gasteiger partial charge is 0.435 e. The number of alkyl halides is 2. The summed E-state index contributed by atoms with van der Waals surface area (Å²) in [4.78, 5) is 2.23. The van der Waals surface area contributed by atoms with Crippen molar-refractivity contribution in [2.45, 2.75) is 46.4 Å². The van der Waals surface area contributed by atoms with Crippen LogP contribution in [0.15, 0.2) is 36.4 Å². The van der Waals surface area contributed by atoms with E-state index in [1.807, 2.05) is 16.7 Å². The van der Waals surface area contributed by atoms with Gasteiger partial charge in [-0.05, 0) is 38.5 Å². The molecule has 0 spiro atoms. The molecule has 6 heteroatoms. The van der Waals surface area contributed by atoms with Gasteiger partial charge >= 0.3 is 6.61 Å². The molecule has 2 heterocycles. The number of nitrogens with zero attached hydrogens (tertiary/aromatic N) is 3. The molecule has 0 fully saturated rings. The summed E-state index contributed by atoms with van der Waals surface area (Å²) in [5, 5.41) is 10.6. The summed E-state index contributed by atoms with van der Waals surface area (Å²) in [5.74, 6) is 0.0987. The van der Waals surface area contributed by atoms with Crippen LogP contribution in [0.25, 0.3) is 16.6 Å². The zero-order valence-corrected chi connectivity index (χ0v) is 15.7. The molecule has 0 saturated heterocycles. The van der Waals surface area contributed by atoms with Crippen molar-refractivity contribution in [2.24, 2.45) is 0 Å². The Balaban J connectivity index is 2.27. The van der Waals surface area contributed by atoms with Gasteiger partial charge in [-0.2, -0.15) is 14.0 Å². The Bertz CT molecular complexity index is 935. The summed E-state index contributed by atoms with van der Waals surface area (Å²) in [7, 11) is 0. The molecule has 0 aliphatic carbocycles. The highest BCUT2D eigenvalue weighted by atomic mass is 19.3. The summed E-state index contributed by atoms with van der Waals surface area (Å²) in [6.07, 6.45) is 6.94. The molecule has 0 amide bonds. The summed E-state index contributed by atoms with van der Waals surface area (Å²) >= 11 is 0. The van der Waals surface area contributed by atoms with E-state index in [9.17, 15) is 14.0 Å². The highest BCUT2D eigenvalue weighted by Crippen LogP contribution is 2.36. The van der Waals surface area contributed by atoms with E-state index in [-0.39, 0.29) is 11.8 Å². The predicted molar refractivity (Wildman–Crippen MR) is 103 cm³/mol. The molecule has 4 nitrogen and oxygen atoms in total. The molecule has 1 aliphatic heterocycles. The number of fused-ring (bicyclic) bond motifs is 1. The molecule has 0 unspecified atom stereocenters. The average Bonchev–Trinajstić information content (AvgIpc) is 2.94. The molecule has 1 aliphatic rings. The van der Waals surface area contributed by atoms with Crippen molar-refractivity contribution >= 4 is 16.6 Å². The third-order valence-electron chi connectivity index (χ3n) is 4.69. The van der Waals surface area contributed by atoms with E-state index in [2.05, 4.69) is 42.6 Å². The Morgan fingerprint density at radius 3 is 2.70 bits per heavy atom. The maximum absolute atomic E-state index is 12.6. The molecule has 1 aromatic heterocycles. The molecular formula is C21H23F2N3O. The first kappa shape index (κ1) is 19.0. The smallest absolute Gasteiger partial charge is 0.387 e. The maximum atomic E-state index is 12.6. The minimum atomic E-state index is -2.88. The number of aryl methyl sites for hydroxylation is 1. The van der Waals surface area contributed by atoms with Gasteiger partial charge < -0.3 is 14.2 Å². The van der Waals surface area contributed by atoms with Crippen LogP contribution in [-0.4, -0.2) is 28.7 Å². The molecule has 0 atom stereocenters. The SMILES string of the molecule is CCCn1c(C2=CC=CCN2C(C)C)c(C#N)c2ccc(OC(F)F)cc21. The van der Waals surface area contributed by atoms with Crippen LogP contribution >= 0.6 is 0 Å². The van der Waals surface area contributed by atoms with Gasteiger partial charge in [-0.25, -0.2) is 0 Å². The highest BCUT2D eigenvalue weighted by Gasteiger charge is 2.25. The fourth-order valence-corrected chi connectivity index (χ4v) is 3.57. The van der Waals surface area contributed by atoms with Crippen molar-refractivity contribution in [3.8, 4) is 11.8 Å². The number of hydrogen-bond donors (Lipinski definition) is 0. The number of halogens is 2. The predicted octanol–water partition coefficient (Wildman–Crippen LogP) is 5.15. The number of nitriles is 1. The zero-order valence-electron chi connectivity index (χ0n) is 15.7. The lowest BCUT2D eigenvalue weighted by atomic mass is 10.1. The average molecular weight is 371 g/mol. The zero-order chi connectivity index (χ0) is 19.6. The van der Waals surface area contributed by atoms with Crippen LogP contribution in [0, 0.1) is 11.3 Å². The van der Waals surface area contributed by atoms with Gasteiger partial charge in [-0.15, -0.1) is 0 Å². The third kappa shape index (κ3) is 3.55. The van der Waals surface area contributed by atoms with Crippen molar-refractivity contribution in [3.63, 3.8) is 0 Å². The highest BCUT2D eigenvalue weighted by molar-refractivity contribution is 5.93. The van der Waals surface area contributed by atoms with Crippen LogP contribution in [0.4, 0.5) is 8.78 Å². The Hall–Kier alpha value is -2.81. The van der Waals surface area contributed by atoms with Gasteiger partial charge in [0.1, 0.15) is 11.8 Å². The van der Waals surface area contributed by atoms with Crippen LogP contribution in [0.1, 0.15) is 38.4 Å². The van der Waals surface area contributed by atoms with E-state index in [0.717, 1.165) is 35.3 Å². The monoisotopic (exact) mass is 371 g/mol. The van der Waals surface area contributed by atoms with Crippen molar-refractivity contribution in [1.82, 2.24) is 9.47 Å². The fourth-order valence-electron chi connectivity index (χ4n) is 3.57. The molecule has 0 bridgehead atoms. The number of benzene rings is 1. The van der Waals surface area contributed by atoms with Gasteiger partial charge in [0.2, 0.25) is 0 Å². The van der Waals surface area contributed by atoms with E-state index in [0.29, 0.717) is 12.1 Å². The number of ether oxygens (including phenoxy) is 1. The minimum Gasteiger partial charge on any atom is -0.435 e. The minimum absolute atomic E-state index is 0.0987. The van der Waals surface area contributed by atoms with Crippen molar-refractivity contribution in [3.05, 3.63) is 47.7 Å². The van der Waals surface area contributed by atoms with Crippen molar-refractivity contribution in [1.29, 1.82) is 5.26 Å². The van der Waals surface area contributed by atoms with Crippen LogP contribution in [0.3, 0.4) is 0 Å². The van der Waals surface area contributed by atoms with Crippen molar-refractivity contribution < 1.29 is 13.5 Å². The topological polar surface area (TPSA) is 41.2 Å². The quantitative estimate of drug-likeness (QED) is 0.705. The van der Waals surface area contributed by atoms with Crippen LogP contribution in [-0.2, 0) is 6.54 Å². The first-order valence-corrected chi connectivity index (χ1v) is 9.12. The first-order chi connectivity index (χ1) is 13.0. The standard InChI is InChI=1S/C21H23F2N3O/c1-4-10-26-19-12-15(27-21(22)23)8-9-16(19)17(13-24)20(26)18-7-5-6-11-25(18)14(2)3/h5-9,12,14,21H,4,10-11H2,1-3H3. The van der Waals surface area contributed by atoms with Crippen LogP contribution in [0.2, 0.25) is 0 Å². The molecule has 142 valence electrons. The molecule has 3 rings (SSSR count). The van der Waals surface area contributed by atoms with E-state index < -0.39 is 6.61 Å². The van der Waals surface area contributed by atoms with Gasteiger partial charge in [0.15, 0.2) is 0 Å². The molecule has 27 heavy (non-hydrogen) atoms. The number of aromatic nitrogens is 1.